The van der Waals surface area contributed by atoms with Crippen LogP contribution in [0.1, 0.15) is 0 Å². The number of nitrogens with one attached hydrogen (secondary N) is 1. The molecule has 0 aromatic carbocycles. The second-order valence-corrected chi connectivity index (χ2v) is 0.736. The normalized spacial score (nSPS) is 8.67. The number of nitrogens with zero attached hydrogens (tertiary/aromatic N) is 3. The van der Waals surface area contributed by atoms with Crippen molar-refractivity contribution in [1.82, 2.24) is 15.4 Å². The molecule has 1 N–H and O–H groups in total. The highest BCUT2D eigenvalue weighted by Gasteiger charge is 1.79. The predicted molar refractivity (Wildman–Crippen MR) is 15.3 cm³/mol. The van der Waals surface area contributed by atoms with Crippen LogP contribution in [0.15, 0.2) is 6.33 Å². The minimum atomic E-state index is 0.264. The average Bonchev–Trinajstić information content (AvgIpc) is 1.86. The van der Waals surface area contributed by atoms with Gasteiger partial charge in [0.2, 0.25) is 0 Å². The van der Waals surface area contributed by atoms with Crippen LogP contribution in [0.5, 0.6) is 0 Å². The van der Waals surface area contributed by atoms with Crippen molar-refractivity contribution < 1.29 is 4.96 Å². The lowest BCUT2D eigenvalue weighted by atomic mass is 11.4. The Balaban J connectivity index is 3.05. The molecule has 0 aliphatic heterocycles. The van der Waals surface area contributed by atoms with Crippen molar-refractivity contribution >= 4 is 0 Å². The summed E-state index contributed by atoms with van der Waals surface area (Å²) in [4.78, 5) is 0.264. The summed E-state index contributed by atoms with van der Waals surface area (Å²) in [6, 6.07) is 0. The molecule has 1 aromatic rings. The zero-order valence-corrected chi connectivity index (χ0v) is 2.83. The zero-order chi connectivity index (χ0) is 4.41. The van der Waals surface area contributed by atoms with Crippen LogP contribution >= 0.6 is 0 Å². The van der Waals surface area contributed by atoms with Gasteiger partial charge in [0.05, 0.1) is 5.10 Å². The zero-order valence-electron chi connectivity index (χ0n) is 2.83. The van der Waals surface area contributed by atoms with E-state index in [1.807, 2.05) is 0 Å². The van der Waals surface area contributed by atoms with Crippen LogP contribution in [-0.2, 0) is 0 Å². The summed E-state index contributed by atoms with van der Waals surface area (Å²) in [6.45, 7) is 0. The molecule has 0 spiro atoms. The van der Waals surface area contributed by atoms with Gasteiger partial charge in [0.1, 0.15) is 0 Å². The maximum absolute atomic E-state index is 9.76. The highest BCUT2D eigenvalue weighted by molar-refractivity contribution is 4.20. The van der Waals surface area contributed by atoms with Gasteiger partial charge in [-0.3, -0.25) is 0 Å². The molecule has 1 rings (SSSR count). The lowest BCUT2D eigenvalue weighted by Gasteiger charge is -1.80. The average molecular weight is 86.1 g/mol. The summed E-state index contributed by atoms with van der Waals surface area (Å²) in [7, 11) is 0. The highest BCUT2D eigenvalue weighted by Crippen LogP contribution is 1.42. The summed E-state index contributed by atoms with van der Waals surface area (Å²) in [6.07, 6.45) is 1.20. The molecule has 0 saturated carbocycles. The molecule has 0 aliphatic carbocycles. The second kappa shape index (κ2) is 0.925. The van der Waals surface area contributed by atoms with Crippen molar-refractivity contribution in [3.8, 4) is 0 Å². The minimum Gasteiger partial charge on any atom is -0.672 e. The van der Waals surface area contributed by atoms with E-state index in [2.05, 4.69) is 15.4 Å². The number of tetrazole rings is 1. The maximum atomic E-state index is 9.76. The van der Waals surface area contributed by atoms with Crippen molar-refractivity contribution in [3.05, 3.63) is 11.5 Å². The summed E-state index contributed by atoms with van der Waals surface area (Å²) in [5, 5.41) is 18.0. The Morgan fingerprint density at radius 1 is 1.83 bits per heavy atom. The van der Waals surface area contributed by atoms with E-state index in [1.165, 1.54) is 6.33 Å². The van der Waals surface area contributed by atoms with Crippen LogP contribution in [0.25, 0.3) is 0 Å². The fraction of sp³-hybridized carbons (Fsp3) is 0. The molecular weight excluding hydrogens is 84.0 g/mol. The van der Waals surface area contributed by atoms with Gasteiger partial charge >= 0.3 is 0 Å². The van der Waals surface area contributed by atoms with Crippen LogP contribution in [0.4, 0.5) is 0 Å². The van der Waals surface area contributed by atoms with Gasteiger partial charge in [-0.2, -0.15) is 5.10 Å². The standard InChI is InChI=1S/CH2N4O/c6-5-3-1-2-4-5/h1H,(H,2,3,4). The number of aromatic nitrogens is 4. The molecule has 5 nitrogen and oxygen atoms in total. The summed E-state index contributed by atoms with van der Waals surface area (Å²) in [5.74, 6) is 0. The molecule has 0 atom stereocenters. The fourth-order valence-corrected chi connectivity index (χ4v) is 0.174. The van der Waals surface area contributed by atoms with Crippen molar-refractivity contribution in [2.45, 2.75) is 0 Å². The van der Waals surface area contributed by atoms with Crippen LogP contribution in [-0.4, -0.2) is 15.4 Å². The quantitative estimate of drug-likeness (QED) is 0.306. The maximum Gasteiger partial charge on any atom is 0.269 e. The van der Waals surface area contributed by atoms with Gasteiger partial charge < -0.3 is 5.21 Å². The monoisotopic (exact) mass is 86.0 g/mol. The van der Waals surface area contributed by atoms with E-state index >= 15 is 0 Å². The van der Waals surface area contributed by atoms with E-state index in [1.54, 1.807) is 0 Å². The first-order valence-corrected chi connectivity index (χ1v) is 1.35. The third kappa shape index (κ3) is 0.291. The smallest absolute Gasteiger partial charge is 0.269 e. The lowest BCUT2D eigenvalue weighted by Crippen LogP contribution is -2.30. The third-order valence-corrected chi connectivity index (χ3v) is 0.359. The molecule has 5 heteroatoms. The van der Waals surface area contributed by atoms with Gasteiger partial charge in [0, 0.05) is 0 Å². The van der Waals surface area contributed by atoms with Gasteiger partial charge in [-0.25, -0.2) is 0 Å². The Hall–Kier alpha value is -1.13. The molecule has 0 bridgehead atoms. The van der Waals surface area contributed by atoms with E-state index in [4.69, 9.17) is 0 Å². The topological polar surface area (TPSA) is 68.5 Å². The Labute approximate surface area is 33.2 Å². The molecule has 1 aromatic heterocycles. The first-order valence-electron chi connectivity index (χ1n) is 1.35. The first-order chi connectivity index (χ1) is 2.89. The molecule has 0 fully saturated rings. The van der Waals surface area contributed by atoms with Crippen molar-refractivity contribution in [3.63, 3.8) is 0 Å². The van der Waals surface area contributed by atoms with E-state index < -0.39 is 0 Å². The van der Waals surface area contributed by atoms with Crippen LogP contribution in [0, 0.1) is 5.21 Å². The summed E-state index contributed by atoms with van der Waals surface area (Å²) < 4.78 is 0. The Kier molecular flexibility index (Phi) is 0.474. The van der Waals surface area contributed by atoms with Crippen molar-refractivity contribution in [1.29, 1.82) is 0 Å². The third-order valence-electron chi connectivity index (χ3n) is 0.359. The lowest BCUT2D eigenvalue weighted by molar-refractivity contribution is -0.725. The fourth-order valence-electron chi connectivity index (χ4n) is 0.174. The SMILES string of the molecule is [O-][n+]1nnc[nH]1. The summed E-state index contributed by atoms with van der Waals surface area (Å²) in [5.41, 5.74) is 0. The molecule has 0 saturated heterocycles. The minimum absolute atomic E-state index is 0.264. The molecule has 0 unspecified atom stereocenters. The van der Waals surface area contributed by atoms with Crippen LogP contribution in [0.3, 0.4) is 0 Å². The van der Waals surface area contributed by atoms with Crippen molar-refractivity contribution in [2.75, 3.05) is 0 Å². The number of hydrogen-bond acceptors (Lipinski definition) is 3. The van der Waals surface area contributed by atoms with Crippen LogP contribution < -0.4 is 4.96 Å². The number of H-pyrrole nitrogens is 1. The van der Waals surface area contributed by atoms with Gasteiger partial charge in [-0.05, 0) is 4.96 Å². The largest absolute Gasteiger partial charge is 0.672 e. The van der Waals surface area contributed by atoms with E-state index in [0.717, 1.165) is 0 Å². The molecule has 0 radical (unpaired) electrons. The van der Waals surface area contributed by atoms with Gasteiger partial charge in [0.15, 0.2) is 5.21 Å². The van der Waals surface area contributed by atoms with Gasteiger partial charge in [0.25, 0.3) is 6.33 Å². The highest BCUT2D eigenvalue weighted by atomic mass is 16.5. The number of aromatic amines is 1. The second-order valence-electron chi connectivity index (χ2n) is 0.736. The molecular formula is CH2N4O. The Morgan fingerprint density at radius 3 is 2.83 bits per heavy atom. The number of rotatable bonds is 0. The summed E-state index contributed by atoms with van der Waals surface area (Å²) >= 11 is 0. The molecule has 0 amide bonds. The predicted octanol–water partition coefficient (Wildman–Crippen LogP) is -1.56. The van der Waals surface area contributed by atoms with Crippen molar-refractivity contribution in [2.24, 2.45) is 0 Å². The van der Waals surface area contributed by atoms with Crippen LogP contribution in [0.2, 0.25) is 0 Å². The van der Waals surface area contributed by atoms with E-state index in [0.29, 0.717) is 0 Å². The molecule has 1 heterocycles. The Morgan fingerprint density at radius 2 is 2.67 bits per heavy atom. The van der Waals surface area contributed by atoms with E-state index in [9.17, 15) is 5.21 Å². The van der Waals surface area contributed by atoms with Gasteiger partial charge in [-0.1, -0.05) is 0 Å². The number of hydrogen-bond donors (Lipinski definition) is 1. The van der Waals surface area contributed by atoms with Gasteiger partial charge in [-0.15, -0.1) is 0 Å². The molecule has 32 valence electrons. The molecule has 6 heavy (non-hydrogen) atoms. The first kappa shape index (κ1) is 3.08. The Bertz CT molecular complexity index is 111. The molecule has 0 aliphatic rings. The van der Waals surface area contributed by atoms with E-state index in [-0.39, 0.29) is 4.96 Å².